The van der Waals surface area contributed by atoms with E-state index in [0.717, 1.165) is 11.6 Å². The Morgan fingerprint density at radius 1 is 1.14 bits per heavy atom. The first-order valence-electron chi connectivity index (χ1n) is 6.43. The number of nitrogens with one attached hydrogen (secondary N) is 1. The van der Waals surface area contributed by atoms with Gasteiger partial charge in [-0.2, -0.15) is 0 Å². The number of hydrogen-bond acceptors (Lipinski definition) is 3. The Morgan fingerprint density at radius 3 is 2.29 bits per heavy atom. The molecule has 0 heterocycles. The highest BCUT2D eigenvalue weighted by atomic mass is 32.2. The molecular formula is C15H17FN2O2S. The van der Waals surface area contributed by atoms with Gasteiger partial charge < -0.3 is 5.73 Å². The Bertz CT molecular complexity index is 721. The lowest BCUT2D eigenvalue weighted by molar-refractivity contribution is 0.601. The lowest BCUT2D eigenvalue weighted by Crippen LogP contribution is -2.13. The van der Waals surface area contributed by atoms with Crippen molar-refractivity contribution in [2.24, 2.45) is 5.73 Å². The van der Waals surface area contributed by atoms with E-state index in [0.29, 0.717) is 5.56 Å². The summed E-state index contributed by atoms with van der Waals surface area (Å²) in [4.78, 5) is 0.105. The molecule has 0 aliphatic carbocycles. The van der Waals surface area contributed by atoms with Gasteiger partial charge in [-0.15, -0.1) is 0 Å². The number of benzene rings is 2. The molecule has 4 nitrogen and oxygen atoms in total. The number of halogens is 1. The molecule has 112 valence electrons. The van der Waals surface area contributed by atoms with Crippen molar-refractivity contribution >= 4 is 15.7 Å². The van der Waals surface area contributed by atoms with Crippen LogP contribution >= 0.6 is 0 Å². The van der Waals surface area contributed by atoms with Crippen LogP contribution in [0.15, 0.2) is 47.4 Å². The molecule has 0 aromatic heterocycles. The first-order valence-corrected chi connectivity index (χ1v) is 7.92. The van der Waals surface area contributed by atoms with Crippen molar-refractivity contribution in [1.29, 1.82) is 0 Å². The molecule has 0 fully saturated rings. The Labute approximate surface area is 123 Å². The number of aryl methyl sites for hydroxylation is 1. The second kappa shape index (κ2) is 5.83. The van der Waals surface area contributed by atoms with E-state index >= 15 is 0 Å². The molecule has 0 spiro atoms. The summed E-state index contributed by atoms with van der Waals surface area (Å²) < 4.78 is 40.1. The molecule has 1 atom stereocenters. The van der Waals surface area contributed by atoms with Crippen molar-refractivity contribution in [2.75, 3.05) is 4.72 Å². The van der Waals surface area contributed by atoms with Gasteiger partial charge in [0.1, 0.15) is 5.82 Å². The van der Waals surface area contributed by atoms with Crippen molar-refractivity contribution in [1.82, 2.24) is 0 Å². The first-order chi connectivity index (χ1) is 9.78. The standard InChI is InChI=1S/C15H17FN2O2S/c1-10-7-13(16)9-14(8-10)18-21(19,20)15-5-3-12(4-6-15)11(2)17/h3-9,11,18H,17H2,1-2H3. The van der Waals surface area contributed by atoms with E-state index in [1.54, 1.807) is 25.1 Å². The zero-order valence-corrected chi connectivity index (χ0v) is 12.6. The van der Waals surface area contributed by atoms with Crippen molar-refractivity contribution in [3.8, 4) is 0 Å². The Kier molecular flexibility index (Phi) is 4.29. The van der Waals surface area contributed by atoms with Crippen LogP contribution in [-0.4, -0.2) is 8.42 Å². The van der Waals surface area contributed by atoms with E-state index in [1.165, 1.54) is 18.2 Å². The second-order valence-corrected chi connectivity index (χ2v) is 6.66. The smallest absolute Gasteiger partial charge is 0.261 e. The molecule has 6 heteroatoms. The largest absolute Gasteiger partial charge is 0.324 e. The van der Waals surface area contributed by atoms with Crippen LogP contribution in [0.3, 0.4) is 0 Å². The first kappa shape index (κ1) is 15.5. The highest BCUT2D eigenvalue weighted by Gasteiger charge is 2.15. The summed E-state index contributed by atoms with van der Waals surface area (Å²) in [5.41, 5.74) is 7.40. The molecule has 1 unspecified atom stereocenters. The average Bonchev–Trinajstić information content (AvgIpc) is 2.37. The van der Waals surface area contributed by atoms with Crippen LogP contribution in [0, 0.1) is 12.7 Å². The number of anilines is 1. The maximum Gasteiger partial charge on any atom is 0.261 e. The Morgan fingerprint density at radius 2 is 1.76 bits per heavy atom. The van der Waals surface area contributed by atoms with E-state index in [1.807, 2.05) is 6.92 Å². The molecule has 0 saturated carbocycles. The number of hydrogen-bond donors (Lipinski definition) is 2. The zero-order valence-electron chi connectivity index (χ0n) is 11.8. The summed E-state index contributed by atoms with van der Waals surface area (Å²) in [6.45, 7) is 3.51. The van der Waals surface area contributed by atoms with Gasteiger partial charge in [-0.25, -0.2) is 12.8 Å². The van der Waals surface area contributed by atoms with Gasteiger partial charge in [-0.3, -0.25) is 4.72 Å². The van der Waals surface area contributed by atoms with E-state index in [-0.39, 0.29) is 16.6 Å². The fourth-order valence-corrected chi connectivity index (χ4v) is 3.00. The monoisotopic (exact) mass is 308 g/mol. The minimum absolute atomic E-state index is 0.105. The number of sulfonamides is 1. The summed E-state index contributed by atoms with van der Waals surface area (Å²) in [6.07, 6.45) is 0. The van der Waals surface area contributed by atoms with Crippen LogP contribution in [0.4, 0.5) is 10.1 Å². The van der Waals surface area contributed by atoms with Crippen LogP contribution in [0.5, 0.6) is 0 Å². The van der Waals surface area contributed by atoms with Crippen LogP contribution < -0.4 is 10.5 Å². The maximum absolute atomic E-state index is 13.3. The van der Waals surface area contributed by atoms with Crippen molar-refractivity contribution in [2.45, 2.75) is 24.8 Å². The quantitative estimate of drug-likeness (QED) is 0.912. The molecule has 0 aliphatic rings. The summed E-state index contributed by atoms with van der Waals surface area (Å²) in [7, 11) is -3.75. The highest BCUT2D eigenvalue weighted by molar-refractivity contribution is 7.92. The van der Waals surface area contributed by atoms with Crippen molar-refractivity contribution < 1.29 is 12.8 Å². The Hall–Kier alpha value is -1.92. The van der Waals surface area contributed by atoms with Crippen LogP contribution in [0.1, 0.15) is 24.1 Å². The fourth-order valence-electron chi connectivity index (χ4n) is 1.96. The van der Waals surface area contributed by atoms with Gasteiger partial charge in [-0.1, -0.05) is 12.1 Å². The molecular weight excluding hydrogens is 291 g/mol. The molecule has 2 aromatic rings. The molecule has 21 heavy (non-hydrogen) atoms. The summed E-state index contributed by atoms with van der Waals surface area (Å²) in [5.74, 6) is -0.486. The predicted molar refractivity (Wildman–Crippen MR) is 81.0 cm³/mol. The molecule has 2 aromatic carbocycles. The topological polar surface area (TPSA) is 72.2 Å². The summed E-state index contributed by atoms with van der Waals surface area (Å²) >= 11 is 0. The SMILES string of the molecule is Cc1cc(F)cc(NS(=O)(=O)c2ccc(C(C)N)cc2)c1. The third-order valence-electron chi connectivity index (χ3n) is 3.01. The molecule has 3 N–H and O–H groups in total. The average molecular weight is 308 g/mol. The summed E-state index contributed by atoms with van der Waals surface area (Å²) in [6, 6.07) is 10.2. The van der Waals surface area contributed by atoms with E-state index < -0.39 is 15.8 Å². The molecule has 0 saturated heterocycles. The van der Waals surface area contributed by atoms with Gasteiger partial charge in [0.25, 0.3) is 10.0 Å². The van der Waals surface area contributed by atoms with Crippen molar-refractivity contribution in [3.63, 3.8) is 0 Å². The van der Waals surface area contributed by atoms with Gasteiger partial charge in [0.2, 0.25) is 0 Å². The minimum atomic E-state index is -3.75. The third-order valence-corrected chi connectivity index (χ3v) is 4.41. The van der Waals surface area contributed by atoms with E-state index in [9.17, 15) is 12.8 Å². The number of rotatable bonds is 4. The maximum atomic E-state index is 13.3. The molecule has 0 radical (unpaired) electrons. The van der Waals surface area contributed by atoms with Gasteiger partial charge in [0, 0.05) is 6.04 Å². The van der Waals surface area contributed by atoms with Gasteiger partial charge in [-0.05, 0) is 55.3 Å². The second-order valence-electron chi connectivity index (χ2n) is 4.98. The lowest BCUT2D eigenvalue weighted by atomic mass is 10.1. The minimum Gasteiger partial charge on any atom is -0.324 e. The molecule has 2 rings (SSSR count). The van der Waals surface area contributed by atoms with E-state index in [2.05, 4.69) is 4.72 Å². The van der Waals surface area contributed by atoms with Gasteiger partial charge in [0.15, 0.2) is 0 Å². The normalized spacial score (nSPS) is 13.0. The van der Waals surface area contributed by atoms with Crippen molar-refractivity contribution in [3.05, 3.63) is 59.4 Å². The highest BCUT2D eigenvalue weighted by Crippen LogP contribution is 2.20. The molecule has 0 aliphatic heterocycles. The zero-order chi connectivity index (χ0) is 15.6. The van der Waals surface area contributed by atoms with Crippen LogP contribution in [0.25, 0.3) is 0 Å². The summed E-state index contributed by atoms with van der Waals surface area (Å²) in [5, 5.41) is 0. The number of nitrogens with two attached hydrogens (primary N) is 1. The lowest BCUT2D eigenvalue weighted by Gasteiger charge is -2.10. The predicted octanol–water partition coefficient (Wildman–Crippen LogP) is 2.95. The Balaban J connectivity index is 2.29. The van der Waals surface area contributed by atoms with Gasteiger partial charge >= 0.3 is 0 Å². The molecule has 0 amide bonds. The van der Waals surface area contributed by atoms with Crippen LogP contribution in [-0.2, 0) is 10.0 Å². The fraction of sp³-hybridized carbons (Fsp3) is 0.200. The van der Waals surface area contributed by atoms with Crippen LogP contribution in [0.2, 0.25) is 0 Å². The third kappa shape index (κ3) is 3.80. The van der Waals surface area contributed by atoms with E-state index in [4.69, 9.17) is 5.73 Å². The molecule has 0 bridgehead atoms. The van der Waals surface area contributed by atoms with Gasteiger partial charge in [0.05, 0.1) is 10.6 Å².